The second-order valence-corrected chi connectivity index (χ2v) is 9.22. The van der Waals surface area contributed by atoms with Gasteiger partial charge >= 0.3 is 0 Å². The molecule has 0 saturated carbocycles. The lowest BCUT2D eigenvalue weighted by Crippen LogP contribution is -2.37. The van der Waals surface area contributed by atoms with Gasteiger partial charge in [0.05, 0.1) is 10.7 Å². The molecular weight excluding hydrogens is 468 g/mol. The highest BCUT2D eigenvalue weighted by Crippen LogP contribution is 2.44. The van der Waals surface area contributed by atoms with Crippen LogP contribution in [-0.4, -0.2) is 29.4 Å². The van der Waals surface area contributed by atoms with Crippen molar-refractivity contribution in [3.8, 4) is 0 Å². The third-order valence-corrected chi connectivity index (χ3v) is 7.05. The summed E-state index contributed by atoms with van der Waals surface area (Å²) in [6.45, 7) is 3.11. The van der Waals surface area contributed by atoms with Crippen LogP contribution in [0, 0.1) is 17.4 Å². The third-order valence-electron chi connectivity index (χ3n) is 6.01. The molecule has 0 radical (unpaired) electrons. The molecule has 2 atom stereocenters. The van der Waals surface area contributed by atoms with Crippen LogP contribution in [0.5, 0.6) is 0 Å². The summed E-state index contributed by atoms with van der Waals surface area (Å²) in [7, 11) is 0. The topological polar surface area (TPSA) is 48.1 Å². The Hall–Kier alpha value is -2.41. The van der Waals surface area contributed by atoms with Crippen molar-refractivity contribution in [1.29, 1.82) is 0 Å². The van der Waals surface area contributed by atoms with Gasteiger partial charge in [0.1, 0.15) is 10.5 Å². The highest BCUT2D eigenvalue weighted by molar-refractivity contribution is 7.71. The van der Waals surface area contributed by atoms with Gasteiger partial charge in [-0.1, -0.05) is 47.6 Å². The Labute approximate surface area is 201 Å². The second-order valence-electron chi connectivity index (χ2n) is 8.00. The van der Waals surface area contributed by atoms with Gasteiger partial charge in [0.2, 0.25) is 6.41 Å². The Balaban J connectivity index is 1.81. The van der Waals surface area contributed by atoms with Crippen LogP contribution in [-0.2, 0) is 4.79 Å². The summed E-state index contributed by atoms with van der Waals surface area (Å²) in [6.07, 6.45) is 3.48. The van der Waals surface area contributed by atoms with Crippen molar-refractivity contribution in [1.82, 2.24) is 9.88 Å². The lowest BCUT2D eigenvalue weighted by atomic mass is 9.76. The molecule has 0 spiro atoms. The van der Waals surface area contributed by atoms with Crippen molar-refractivity contribution in [3.05, 3.63) is 85.9 Å². The molecule has 1 fully saturated rings. The maximum Gasteiger partial charge on any atom is 0.209 e. The Bertz CT molecular complexity index is 1200. The fourth-order valence-electron chi connectivity index (χ4n) is 4.34. The van der Waals surface area contributed by atoms with Crippen LogP contribution in [0.25, 0.3) is 0 Å². The molecule has 2 unspecified atom stereocenters. The van der Waals surface area contributed by atoms with Gasteiger partial charge < -0.3 is 15.2 Å². The molecule has 2 aromatic carbocycles. The number of aryl methyl sites for hydroxylation is 1. The first-order valence-electron chi connectivity index (χ1n) is 10.3. The first-order chi connectivity index (χ1) is 15.4. The van der Waals surface area contributed by atoms with E-state index in [1.165, 1.54) is 12.1 Å². The molecule has 4 rings (SSSR count). The number of anilines is 2. The van der Waals surface area contributed by atoms with Crippen LogP contribution < -0.4 is 5.32 Å². The number of aromatic nitrogens is 1. The van der Waals surface area contributed by atoms with Gasteiger partial charge in [-0.2, -0.15) is 0 Å². The first kappa shape index (κ1) is 22.8. The number of benzene rings is 2. The third kappa shape index (κ3) is 4.68. The van der Waals surface area contributed by atoms with Crippen LogP contribution in [0.2, 0.25) is 10.0 Å². The van der Waals surface area contributed by atoms with E-state index in [1.54, 1.807) is 4.90 Å². The summed E-state index contributed by atoms with van der Waals surface area (Å²) < 4.78 is 14.0. The van der Waals surface area contributed by atoms with Crippen molar-refractivity contribution in [2.75, 3.05) is 18.4 Å². The molecule has 1 aliphatic rings. The van der Waals surface area contributed by atoms with Crippen LogP contribution in [0.1, 0.15) is 34.9 Å². The molecule has 166 valence electrons. The lowest BCUT2D eigenvalue weighted by Gasteiger charge is -2.38. The summed E-state index contributed by atoms with van der Waals surface area (Å²) in [5.74, 6) is -0.263. The standard InChI is InChI=1S/C24H22Cl2FN3OS/c1-14-10-16(25)4-7-21(14)29-23-19(11-28-24(32)22(23)26)20-12-30(13-31)9-8-18(20)15-2-5-17(27)6-3-15/h2-7,10-11,13,18,20H,8-9,12H2,1H3,(H2,28,29,32). The molecule has 1 saturated heterocycles. The number of nitrogens with zero attached hydrogens (tertiary/aromatic N) is 1. The molecule has 32 heavy (non-hydrogen) atoms. The maximum absolute atomic E-state index is 13.6. The largest absolute Gasteiger partial charge is 0.354 e. The number of hydrogen-bond donors (Lipinski definition) is 2. The fraction of sp³-hybridized carbons (Fsp3) is 0.250. The number of rotatable bonds is 5. The minimum absolute atomic E-state index is 0.0705. The monoisotopic (exact) mass is 489 g/mol. The van der Waals surface area contributed by atoms with Crippen LogP contribution in [0.3, 0.4) is 0 Å². The van der Waals surface area contributed by atoms with Gasteiger partial charge in [-0.3, -0.25) is 4.79 Å². The van der Waals surface area contributed by atoms with E-state index in [2.05, 4.69) is 10.3 Å². The molecule has 2 N–H and O–H groups in total. The van der Waals surface area contributed by atoms with E-state index in [0.29, 0.717) is 33.5 Å². The molecule has 0 bridgehead atoms. The molecule has 3 aromatic rings. The van der Waals surface area contributed by atoms with Gasteiger partial charge in [-0.05, 0) is 66.3 Å². The van der Waals surface area contributed by atoms with E-state index in [-0.39, 0.29) is 17.7 Å². The Morgan fingerprint density at radius 2 is 1.94 bits per heavy atom. The van der Waals surface area contributed by atoms with Crippen LogP contribution in [0.15, 0.2) is 48.7 Å². The molecule has 0 aliphatic carbocycles. The van der Waals surface area contributed by atoms with E-state index < -0.39 is 0 Å². The lowest BCUT2D eigenvalue weighted by molar-refractivity contribution is -0.119. The van der Waals surface area contributed by atoms with E-state index in [9.17, 15) is 9.18 Å². The number of carbonyl (C=O) groups is 1. The minimum Gasteiger partial charge on any atom is -0.354 e. The zero-order valence-electron chi connectivity index (χ0n) is 17.4. The van der Waals surface area contributed by atoms with E-state index in [0.717, 1.165) is 35.2 Å². The Morgan fingerprint density at radius 3 is 2.62 bits per heavy atom. The number of halogens is 3. The highest BCUT2D eigenvalue weighted by atomic mass is 35.5. The van der Waals surface area contributed by atoms with Gasteiger partial charge in [0.15, 0.2) is 0 Å². The zero-order valence-corrected chi connectivity index (χ0v) is 19.7. The normalized spacial score (nSPS) is 18.4. The van der Waals surface area contributed by atoms with Crippen molar-refractivity contribution in [3.63, 3.8) is 0 Å². The molecule has 1 aliphatic heterocycles. The predicted molar refractivity (Wildman–Crippen MR) is 130 cm³/mol. The number of H-pyrrole nitrogens is 1. The summed E-state index contributed by atoms with van der Waals surface area (Å²) >= 11 is 18.2. The van der Waals surface area contributed by atoms with E-state index in [4.69, 9.17) is 35.4 Å². The number of hydrogen-bond acceptors (Lipinski definition) is 3. The van der Waals surface area contributed by atoms with E-state index in [1.807, 2.05) is 43.5 Å². The predicted octanol–water partition coefficient (Wildman–Crippen LogP) is 6.97. The number of amides is 1. The molecule has 2 heterocycles. The number of carbonyl (C=O) groups excluding carboxylic acids is 1. The van der Waals surface area contributed by atoms with Crippen molar-refractivity contribution in [2.45, 2.75) is 25.2 Å². The molecule has 4 nitrogen and oxygen atoms in total. The summed E-state index contributed by atoms with van der Waals surface area (Å²) in [5.41, 5.74) is 4.46. The average molecular weight is 490 g/mol. The van der Waals surface area contributed by atoms with E-state index >= 15 is 0 Å². The summed E-state index contributed by atoms with van der Waals surface area (Å²) in [6, 6.07) is 12.1. The number of nitrogens with one attached hydrogen (secondary N) is 2. The van der Waals surface area contributed by atoms with Crippen LogP contribution in [0.4, 0.5) is 15.8 Å². The SMILES string of the molecule is Cc1cc(Cl)ccc1Nc1c(C2CN(C=O)CCC2c2ccc(F)cc2)c[nH]c(=S)c1Cl. The van der Waals surface area contributed by atoms with Gasteiger partial charge in [-0.15, -0.1) is 0 Å². The van der Waals surface area contributed by atoms with Gasteiger partial charge in [0, 0.05) is 35.9 Å². The fourth-order valence-corrected chi connectivity index (χ4v) is 4.94. The van der Waals surface area contributed by atoms with Crippen molar-refractivity contribution < 1.29 is 9.18 Å². The van der Waals surface area contributed by atoms with Crippen molar-refractivity contribution in [2.24, 2.45) is 0 Å². The number of piperidine rings is 1. The number of likely N-dealkylation sites (tertiary alicyclic amines) is 1. The average Bonchev–Trinajstić information content (AvgIpc) is 2.79. The molecular formula is C24H22Cl2FN3OS. The Morgan fingerprint density at radius 1 is 1.19 bits per heavy atom. The number of aromatic amines is 1. The highest BCUT2D eigenvalue weighted by Gasteiger charge is 2.33. The molecule has 8 heteroatoms. The summed E-state index contributed by atoms with van der Waals surface area (Å²) in [4.78, 5) is 16.4. The Kier molecular flexibility index (Phi) is 6.84. The quantitative estimate of drug-likeness (QED) is 0.300. The second kappa shape index (κ2) is 9.61. The van der Waals surface area contributed by atoms with Gasteiger partial charge in [-0.25, -0.2) is 4.39 Å². The molecule has 1 amide bonds. The molecule has 1 aromatic heterocycles. The minimum atomic E-state index is -0.275. The number of pyridine rings is 1. The van der Waals surface area contributed by atoms with Gasteiger partial charge in [0.25, 0.3) is 0 Å². The maximum atomic E-state index is 13.6. The van der Waals surface area contributed by atoms with Crippen LogP contribution >= 0.6 is 35.4 Å². The zero-order chi connectivity index (χ0) is 22.8. The first-order valence-corrected chi connectivity index (χ1v) is 11.4. The van der Waals surface area contributed by atoms with Crippen molar-refractivity contribution >= 4 is 53.2 Å². The smallest absolute Gasteiger partial charge is 0.209 e. The summed E-state index contributed by atoms with van der Waals surface area (Å²) in [5, 5.41) is 4.50.